The van der Waals surface area contributed by atoms with Gasteiger partial charge in [-0.2, -0.15) is 13.2 Å². The third kappa shape index (κ3) is 1.69. The van der Waals surface area contributed by atoms with E-state index in [9.17, 15) is 22.4 Å². The Morgan fingerprint density at radius 2 is 1.93 bits per heavy atom. The lowest BCUT2D eigenvalue weighted by molar-refractivity contribution is -0.258. The number of halogens is 4. The van der Waals surface area contributed by atoms with Crippen LogP contribution in [0.15, 0.2) is 0 Å². The first-order valence-electron chi connectivity index (χ1n) is 4.27. The molecule has 0 radical (unpaired) electrons. The smallest absolute Gasteiger partial charge is 0.423 e. The molecule has 0 saturated heterocycles. The van der Waals surface area contributed by atoms with Gasteiger partial charge in [-0.05, 0) is 19.3 Å². The van der Waals surface area contributed by atoms with Gasteiger partial charge in [-0.25, -0.2) is 4.39 Å². The Morgan fingerprint density at radius 1 is 1.36 bits per heavy atom. The summed E-state index contributed by atoms with van der Waals surface area (Å²) in [5, 5.41) is 8.50. The highest BCUT2D eigenvalue weighted by Gasteiger charge is 2.63. The summed E-state index contributed by atoms with van der Waals surface area (Å²) in [6.07, 6.45) is -5.66. The summed E-state index contributed by atoms with van der Waals surface area (Å²) in [6, 6.07) is 0. The van der Waals surface area contributed by atoms with Crippen molar-refractivity contribution in [1.29, 1.82) is 0 Å². The number of hydrogen-bond acceptors (Lipinski definition) is 1. The van der Waals surface area contributed by atoms with E-state index in [1.807, 2.05) is 0 Å². The number of alkyl halides is 4. The van der Waals surface area contributed by atoms with Gasteiger partial charge in [0.1, 0.15) is 0 Å². The van der Waals surface area contributed by atoms with Crippen LogP contribution in [-0.4, -0.2) is 22.9 Å². The first-order valence-corrected chi connectivity index (χ1v) is 4.27. The van der Waals surface area contributed by atoms with E-state index < -0.39 is 30.2 Å². The molecule has 82 valence electrons. The quantitative estimate of drug-likeness (QED) is 0.681. The fraction of sp³-hybridized carbons (Fsp3) is 0.875. The van der Waals surface area contributed by atoms with Crippen LogP contribution in [0.25, 0.3) is 0 Å². The van der Waals surface area contributed by atoms with E-state index in [1.54, 1.807) is 0 Å². The maximum atomic E-state index is 13.5. The summed E-state index contributed by atoms with van der Waals surface area (Å²) < 4.78 is 50.4. The largest absolute Gasteiger partial charge is 0.481 e. The molecule has 2 unspecified atom stereocenters. The van der Waals surface area contributed by atoms with Crippen molar-refractivity contribution in [2.75, 3.05) is 0 Å². The molecule has 0 spiro atoms. The zero-order valence-corrected chi connectivity index (χ0v) is 7.27. The Morgan fingerprint density at radius 3 is 2.29 bits per heavy atom. The maximum Gasteiger partial charge on any atom is 0.423 e. The number of rotatable bonds is 1. The second-order valence-corrected chi connectivity index (χ2v) is 3.50. The molecule has 0 bridgehead atoms. The predicted molar refractivity (Wildman–Crippen MR) is 39.5 cm³/mol. The molecular weight excluding hydrogens is 204 g/mol. The van der Waals surface area contributed by atoms with Crippen molar-refractivity contribution >= 4 is 5.97 Å². The van der Waals surface area contributed by atoms with Crippen LogP contribution in [0.3, 0.4) is 0 Å². The van der Waals surface area contributed by atoms with E-state index in [-0.39, 0.29) is 12.8 Å². The van der Waals surface area contributed by atoms with Crippen LogP contribution in [0, 0.1) is 5.92 Å². The highest BCUT2D eigenvalue weighted by molar-refractivity contribution is 5.72. The summed E-state index contributed by atoms with van der Waals surface area (Å²) in [5.74, 6) is -3.65. The van der Waals surface area contributed by atoms with Crippen LogP contribution in [0.4, 0.5) is 17.6 Å². The van der Waals surface area contributed by atoms with E-state index in [0.29, 0.717) is 6.42 Å². The summed E-state index contributed by atoms with van der Waals surface area (Å²) in [5.41, 5.74) is -3.54. The Bertz CT molecular complexity index is 238. The van der Waals surface area contributed by atoms with Gasteiger partial charge in [0.05, 0.1) is 5.92 Å². The molecule has 14 heavy (non-hydrogen) atoms. The van der Waals surface area contributed by atoms with Crippen LogP contribution < -0.4 is 0 Å². The molecule has 0 aromatic heterocycles. The molecule has 0 aromatic rings. The molecule has 2 atom stereocenters. The lowest BCUT2D eigenvalue weighted by Gasteiger charge is -2.36. The molecule has 0 heterocycles. The fourth-order valence-electron chi connectivity index (χ4n) is 1.79. The van der Waals surface area contributed by atoms with Gasteiger partial charge < -0.3 is 5.11 Å². The van der Waals surface area contributed by atoms with Gasteiger partial charge in [-0.1, -0.05) is 6.42 Å². The molecule has 1 saturated carbocycles. The van der Waals surface area contributed by atoms with Gasteiger partial charge in [-0.15, -0.1) is 0 Å². The molecule has 0 aromatic carbocycles. The highest BCUT2D eigenvalue weighted by atomic mass is 19.4. The topological polar surface area (TPSA) is 37.3 Å². The Kier molecular flexibility index (Phi) is 2.74. The van der Waals surface area contributed by atoms with Crippen molar-refractivity contribution in [2.24, 2.45) is 5.92 Å². The first kappa shape index (κ1) is 11.3. The lowest BCUT2D eigenvalue weighted by atomic mass is 9.76. The Hall–Kier alpha value is -0.810. The molecule has 1 aliphatic carbocycles. The Labute approximate surface area is 77.9 Å². The van der Waals surface area contributed by atoms with Gasteiger partial charge in [0, 0.05) is 0 Å². The zero-order chi connectivity index (χ0) is 11.0. The predicted octanol–water partition coefficient (Wildman–Crippen LogP) is 2.53. The van der Waals surface area contributed by atoms with E-state index in [4.69, 9.17) is 5.11 Å². The van der Waals surface area contributed by atoms with Crippen LogP contribution in [0.2, 0.25) is 0 Å². The van der Waals surface area contributed by atoms with E-state index >= 15 is 0 Å². The average Bonchev–Trinajstić information content (AvgIpc) is 2.02. The fourth-order valence-corrected chi connectivity index (χ4v) is 1.79. The lowest BCUT2D eigenvalue weighted by Crippen LogP contribution is -2.52. The van der Waals surface area contributed by atoms with Crippen molar-refractivity contribution in [1.82, 2.24) is 0 Å². The van der Waals surface area contributed by atoms with E-state index in [1.165, 1.54) is 0 Å². The highest BCUT2D eigenvalue weighted by Crippen LogP contribution is 2.48. The molecule has 1 rings (SSSR count). The van der Waals surface area contributed by atoms with Crippen molar-refractivity contribution in [3.8, 4) is 0 Å². The van der Waals surface area contributed by atoms with Gasteiger partial charge in [-0.3, -0.25) is 4.79 Å². The van der Waals surface area contributed by atoms with Crippen molar-refractivity contribution in [3.63, 3.8) is 0 Å². The van der Waals surface area contributed by atoms with Crippen LogP contribution >= 0.6 is 0 Å². The molecule has 1 N–H and O–H groups in total. The van der Waals surface area contributed by atoms with Gasteiger partial charge >= 0.3 is 12.1 Å². The number of carbonyl (C=O) groups is 1. The molecule has 0 amide bonds. The third-order valence-corrected chi connectivity index (χ3v) is 2.61. The average molecular weight is 214 g/mol. The molecule has 1 aliphatic rings. The SMILES string of the molecule is O=C(O)C1CCCCC1(F)C(F)(F)F. The summed E-state index contributed by atoms with van der Waals surface area (Å²) in [7, 11) is 0. The van der Waals surface area contributed by atoms with E-state index in [2.05, 4.69) is 0 Å². The first-order chi connectivity index (χ1) is 6.29. The van der Waals surface area contributed by atoms with Crippen molar-refractivity contribution in [3.05, 3.63) is 0 Å². The van der Waals surface area contributed by atoms with Gasteiger partial charge in [0.25, 0.3) is 0 Å². The summed E-state index contributed by atoms with van der Waals surface area (Å²) in [4.78, 5) is 10.5. The van der Waals surface area contributed by atoms with E-state index in [0.717, 1.165) is 0 Å². The monoisotopic (exact) mass is 214 g/mol. The van der Waals surface area contributed by atoms with Crippen LogP contribution in [0.1, 0.15) is 25.7 Å². The van der Waals surface area contributed by atoms with Crippen molar-refractivity contribution in [2.45, 2.75) is 37.5 Å². The van der Waals surface area contributed by atoms with Gasteiger partial charge in [0.15, 0.2) is 0 Å². The number of aliphatic carboxylic acids is 1. The van der Waals surface area contributed by atoms with Crippen molar-refractivity contribution < 1.29 is 27.5 Å². The molecule has 1 fully saturated rings. The molecule has 6 heteroatoms. The Balaban J connectivity index is 2.97. The minimum absolute atomic E-state index is 0.0831. The van der Waals surface area contributed by atoms with Crippen LogP contribution in [-0.2, 0) is 4.79 Å². The number of carboxylic acid groups (broad SMARTS) is 1. The minimum Gasteiger partial charge on any atom is -0.481 e. The van der Waals surface area contributed by atoms with Gasteiger partial charge in [0.2, 0.25) is 5.67 Å². The molecule has 0 aliphatic heterocycles. The molecule has 2 nitrogen and oxygen atoms in total. The normalized spacial score (nSPS) is 34.1. The number of carboxylic acids is 1. The second kappa shape index (κ2) is 3.40. The van der Waals surface area contributed by atoms with Crippen LogP contribution in [0.5, 0.6) is 0 Å². The standard InChI is InChI=1S/C8H10F4O2/c9-7(8(10,11)12)4-2-1-3-5(7)6(13)14/h5H,1-4H2,(H,13,14). The summed E-state index contributed by atoms with van der Waals surface area (Å²) in [6.45, 7) is 0. The third-order valence-electron chi connectivity index (χ3n) is 2.61. The molecular formula is C8H10F4O2. The summed E-state index contributed by atoms with van der Waals surface area (Å²) >= 11 is 0. The maximum absolute atomic E-state index is 13.5. The second-order valence-electron chi connectivity index (χ2n) is 3.50. The zero-order valence-electron chi connectivity index (χ0n) is 7.27. The minimum atomic E-state index is -5.09. The number of hydrogen-bond donors (Lipinski definition) is 1.